The Morgan fingerprint density at radius 2 is 2.00 bits per heavy atom. The van der Waals surface area contributed by atoms with Crippen LogP contribution in [-0.2, 0) is 12.8 Å². The maximum Gasteiger partial charge on any atom is 0.159 e. The highest BCUT2D eigenvalue weighted by molar-refractivity contribution is 5.48. The molecule has 0 atom stereocenters. The van der Waals surface area contributed by atoms with Crippen molar-refractivity contribution < 1.29 is 0 Å². The number of pyridine rings is 1. The number of nitrogens with zero attached hydrogens (tertiary/aromatic N) is 3. The number of aromatic nitrogens is 3. The Bertz CT molecular complexity index is 457. The van der Waals surface area contributed by atoms with Crippen molar-refractivity contribution in [3.05, 3.63) is 29.2 Å². The second-order valence-corrected chi connectivity index (χ2v) is 3.47. The van der Waals surface area contributed by atoms with Crippen LogP contribution in [0.4, 0.5) is 0 Å². The Hall–Kier alpha value is -1.38. The SMILES string of the molecule is CCc1nc2c(CC)ccc(C)n2n1. The first kappa shape index (κ1) is 9.19. The molecule has 0 aliphatic carbocycles. The first-order chi connectivity index (χ1) is 6.76. The van der Waals surface area contributed by atoms with E-state index in [9.17, 15) is 0 Å². The molecule has 3 heteroatoms. The predicted molar refractivity (Wildman–Crippen MR) is 56.5 cm³/mol. The van der Waals surface area contributed by atoms with Crippen LogP contribution < -0.4 is 0 Å². The van der Waals surface area contributed by atoms with Gasteiger partial charge in [-0.1, -0.05) is 19.9 Å². The summed E-state index contributed by atoms with van der Waals surface area (Å²) in [5.74, 6) is 0.925. The molecule has 0 aliphatic heterocycles. The Morgan fingerprint density at radius 1 is 1.21 bits per heavy atom. The predicted octanol–water partition coefficient (Wildman–Crippen LogP) is 2.16. The molecule has 3 nitrogen and oxygen atoms in total. The van der Waals surface area contributed by atoms with Gasteiger partial charge in [-0.25, -0.2) is 9.50 Å². The molecule has 0 saturated heterocycles. The van der Waals surface area contributed by atoms with Crippen molar-refractivity contribution in [1.29, 1.82) is 0 Å². The molecule has 2 heterocycles. The third kappa shape index (κ3) is 1.29. The first-order valence-corrected chi connectivity index (χ1v) is 5.10. The van der Waals surface area contributed by atoms with Crippen LogP contribution in [0, 0.1) is 6.92 Å². The van der Waals surface area contributed by atoms with Gasteiger partial charge < -0.3 is 0 Å². The number of fused-ring (bicyclic) bond motifs is 1. The Balaban J connectivity index is 2.74. The lowest BCUT2D eigenvalue weighted by Gasteiger charge is -2.01. The second kappa shape index (κ2) is 3.40. The molecule has 0 spiro atoms. The fourth-order valence-electron chi connectivity index (χ4n) is 1.60. The first-order valence-electron chi connectivity index (χ1n) is 5.10. The fraction of sp³-hybridized carbons (Fsp3) is 0.455. The molecule has 0 N–H and O–H groups in total. The summed E-state index contributed by atoms with van der Waals surface area (Å²) in [5, 5.41) is 4.44. The zero-order chi connectivity index (χ0) is 10.1. The minimum atomic E-state index is 0.893. The van der Waals surface area contributed by atoms with Gasteiger partial charge in [-0.15, -0.1) is 0 Å². The molecular weight excluding hydrogens is 174 g/mol. The lowest BCUT2D eigenvalue weighted by atomic mass is 10.2. The molecule has 2 aromatic rings. The largest absolute Gasteiger partial charge is 0.218 e. The molecule has 0 unspecified atom stereocenters. The summed E-state index contributed by atoms with van der Waals surface area (Å²) in [6.07, 6.45) is 1.90. The van der Waals surface area contributed by atoms with Crippen LogP contribution in [0.15, 0.2) is 12.1 Å². The molecule has 2 rings (SSSR count). The van der Waals surface area contributed by atoms with E-state index in [1.165, 1.54) is 5.56 Å². The molecule has 0 fully saturated rings. The quantitative estimate of drug-likeness (QED) is 0.724. The van der Waals surface area contributed by atoms with Crippen LogP contribution in [0.2, 0.25) is 0 Å². The second-order valence-electron chi connectivity index (χ2n) is 3.47. The molecule has 0 saturated carbocycles. The van der Waals surface area contributed by atoms with E-state index >= 15 is 0 Å². The summed E-state index contributed by atoms with van der Waals surface area (Å²) in [4.78, 5) is 4.51. The van der Waals surface area contributed by atoms with Crippen molar-refractivity contribution in [2.75, 3.05) is 0 Å². The van der Waals surface area contributed by atoms with Gasteiger partial charge >= 0.3 is 0 Å². The van der Waals surface area contributed by atoms with E-state index in [2.05, 4.69) is 43.0 Å². The van der Waals surface area contributed by atoms with Crippen LogP contribution in [0.25, 0.3) is 5.65 Å². The maximum absolute atomic E-state index is 4.51. The minimum absolute atomic E-state index is 0.893. The minimum Gasteiger partial charge on any atom is -0.218 e. The van der Waals surface area contributed by atoms with Crippen molar-refractivity contribution in [3.63, 3.8) is 0 Å². The van der Waals surface area contributed by atoms with Crippen molar-refractivity contribution in [2.24, 2.45) is 0 Å². The molecule has 0 amide bonds. The summed E-state index contributed by atoms with van der Waals surface area (Å²) in [5.41, 5.74) is 3.43. The molecule has 0 radical (unpaired) electrons. The van der Waals surface area contributed by atoms with Gasteiger partial charge in [0, 0.05) is 12.1 Å². The van der Waals surface area contributed by atoms with E-state index in [4.69, 9.17) is 0 Å². The topological polar surface area (TPSA) is 30.2 Å². The summed E-state index contributed by atoms with van der Waals surface area (Å²) >= 11 is 0. The monoisotopic (exact) mass is 189 g/mol. The fourth-order valence-corrected chi connectivity index (χ4v) is 1.60. The zero-order valence-corrected chi connectivity index (χ0v) is 8.91. The average Bonchev–Trinajstić information content (AvgIpc) is 2.63. The molecule has 14 heavy (non-hydrogen) atoms. The number of hydrogen-bond acceptors (Lipinski definition) is 2. The van der Waals surface area contributed by atoms with Gasteiger partial charge in [-0.05, 0) is 25.0 Å². The summed E-state index contributed by atoms with van der Waals surface area (Å²) < 4.78 is 1.94. The van der Waals surface area contributed by atoms with Gasteiger partial charge in [-0.2, -0.15) is 5.10 Å². The lowest BCUT2D eigenvalue weighted by molar-refractivity contribution is 0.856. The highest BCUT2D eigenvalue weighted by Gasteiger charge is 2.07. The summed E-state index contributed by atoms with van der Waals surface area (Å²) in [6.45, 7) is 6.28. The van der Waals surface area contributed by atoms with E-state index in [0.29, 0.717) is 0 Å². The van der Waals surface area contributed by atoms with Gasteiger partial charge in [0.2, 0.25) is 0 Å². The van der Waals surface area contributed by atoms with E-state index in [-0.39, 0.29) is 0 Å². The van der Waals surface area contributed by atoms with Crippen LogP contribution in [0.3, 0.4) is 0 Å². The Labute approximate surface area is 83.8 Å². The highest BCUT2D eigenvalue weighted by Crippen LogP contribution is 2.12. The molecule has 74 valence electrons. The van der Waals surface area contributed by atoms with Gasteiger partial charge in [0.1, 0.15) is 0 Å². The third-order valence-electron chi connectivity index (χ3n) is 2.50. The van der Waals surface area contributed by atoms with Gasteiger partial charge in [0.15, 0.2) is 11.5 Å². The van der Waals surface area contributed by atoms with Crippen LogP contribution in [0.1, 0.15) is 30.9 Å². The van der Waals surface area contributed by atoms with Crippen LogP contribution >= 0.6 is 0 Å². The molecule has 0 bridgehead atoms. The molecule has 2 aromatic heterocycles. The zero-order valence-electron chi connectivity index (χ0n) is 8.91. The van der Waals surface area contributed by atoms with Gasteiger partial charge in [-0.3, -0.25) is 0 Å². The molecule has 0 aliphatic rings. The number of rotatable bonds is 2. The molecular formula is C11H15N3. The van der Waals surface area contributed by atoms with E-state index in [0.717, 1.165) is 30.0 Å². The number of hydrogen-bond donors (Lipinski definition) is 0. The van der Waals surface area contributed by atoms with Crippen LogP contribution in [-0.4, -0.2) is 14.6 Å². The van der Waals surface area contributed by atoms with E-state index < -0.39 is 0 Å². The highest BCUT2D eigenvalue weighted by atomic mass is 15.3. The summed E-state index contributed by atoms with van der Waals surface area (Å²) in [6, 6.07) is 4.23. The lowest BCUT2D eigenvalue weighted by Crippen LogP contribution is -1.96. The average molecular weight is 189 g/mol. The van der Waals surface area contributed by atoms with Gasteiger partial charge in [0.25, 0.3) is 0 Å². The standard InChI is InChI=1S/C11H15N3/c1-4-9-7-6-8(3)14-11(9)12-10(5-2)13-14/h6-7H,4-5H2,1-3H3. The van der Waals surface area contributed by atoms with E-state index in [1.54, 1.807) is 0 Å². The molecule has 0 aromatic carbocycles. The Kier molecular flexibility index (Phi) is 2.23. The normalized spacial score (nSPS) is 11.1. The van der Waals surface area contributed by atoms with Crippen molar-refractivity contribution in [3.8, 4) is 0 Å². The van der Waals surface area contributed by atoms with Crippen LogP contribution in [0.5, 0.6) is 0 Å². The third-order valence-corrected chi connectivity index (χ3v) is 2.50. The van der Waals surface area contributed by atoms with Gasteiger partial charge in [0.05, 0.1) is 0 Å². The van der Waals surface area contributed by atoms with Crippen molar-refractivity contribution >= 4 is 5.65 Å². The maximum atomic E-state index is 4.51. The van der Waals surface area contributed by atoms with Crippen molar-refractivity contribution in [2.45, 2.75) is 33.6 Å². The Morgan fingerprint density at radius 3 is 2.64 bits per heavy atom. The van der Waals surface area contributed by atoms with E-state index in [1.807, 2.05) is 4.52 Å². The number of aryl methyl sites for hydroxylation is 3. The smallest absolute Gasteiger partial charge is 0.159 e. The summed E-state index contributed by atoms with van der Waals surface area (Å²) in [7, 11) is 0. The van der Waals surface area contributed by atoms with Crippen molar-refractivity contribution in [1.82, 2.24) is 14.6 Å².